The Morgan fingerprint density at radius 3 is 2.29 bits per heavy atom. The summed E-state index contributed by atoms with van der Waals surface area (Å²) in [7, 11) is 1.59. The Balaban J connectivity index is 2.48. The standard InChI is InChI=1S/C20H32BN2O5/c1-18(2,3)27-17(25)23-13-16(24)22-12-14-9-8-10-15(11-14)21-28-20(6,7)19(4,5)26/h8-11,26H,12-13H2,1-7H3,(H,22,24)(H,23,25). The Kier molecular flexibility index (Phi) is 8.08. The summed E-state index contributed by atoms with van der Waals surface area (Å²) in [5.74, 6) is -0.320. The molecule has 0 atom stereocenters. The number of benzene rings is 1. The highest BCUT2D eigenvalue weighted by atomic mass is 16.6. The largest absolute Gasteiger partial charge is 0.444 e. The van der Waals surface area contributed by atoms with Gasteiger partial charge in [0, 0.05) is 6.54 Å². The molecule has 0 bridgehead atoms. The van der Waals surface area contributed by atoms with Crippen molar-refractivity contribution in [3.8, 4) is 0 Å². The maximum absolute atomic E-state index is 11.9. The molecule has 1 radical (unpaired) electrons. The molecule has 0 saturated carbocycles. The highest BCUT2D eigenvalue weighted by Gasteiger charge is 2.35. The first kappa shape index (κ1) is 24.0. The Bertz CT molecular complexity index is 678. The zero-order valence-electron chi connectivity index (χ0n) is 17.9. The van der Waals surface area contributed by atoms with Crippen LogP contribution < -0.4 is 16.1 Å². The van der Waals surface area contributed by atoms with Crippen molar-refractivity contribution in [2.75, 3.05) is 6.54 Å². The molecule has 0 aliphatic heterocycles. The quantitative estimate of drug-likeness (QED) is 0.586. The van der Waals surface area contributed by atoms with E-state index in [0.717, 1.165) is 11.0 Å². The van der Waals surface area contributed by atoms with Crippen molar-refractivity contribution in [2.24, 2.45) is 0 Å². The summed E-state index contributed by atoms with van der Waals surface area (Å²) >= 11 is 0. The van der Waals surface area contributed by atoms with Crippen LogP contribution in [0.15, 0.2) is 24.3 Å². The second kappa shape index (κ2) is 9.43. The summed E-state index contributed by atoms with van der Waals surface area (Å²) in [4.78, 5) is 23.5. The molecule has 7 nitrogen and oxygen atoms in total. The summed E-state index contributed by atoms with van der Waals surface area (Å²) in [6.45, 7) is 12.4. The van der Waals surface area contributed by atoms with Crippen LogP contribution in [0.4, 0.5) is 4.79 Å². The molecule has 0 heterocycles. The zero-order valence-corrected chi connectivity index (χ0v) is 17.9. The van der Waals surface area contributed by atoms with E-state index in [4.69, 9.17) is 9.39 Å². The SMILES string of the molecule is CC(C)(C)OC(=O)NCC(=O)NCc1cccc([B]OC(C)(C)C(C)(C)O)c1. The molecule has 1 rings (SSSR count). The Hall–Kier alpha value is -2.06. The van der Waals surface area contributed by atoms with Crippen LogP contribution in [-0.2, 0) is 20.7 Å². The molecular weight excluding hydrogens is 359 g/mol. The minimum Gasteiger partial charge on any atom is -0.444 e. The average molecular weight is 391 g/mol. The monoisotopic (exact) mass is 391 g/mol. The second-order valence-electron chi connectivity index (χ2n) is 8.68. The Morgan fingerprint density at radius 1 is 1.07 bits per heavy atom. The lowest BCUT2D eigenvalue weighted by Crippen LogP contribution is -2.49. The number of alkyl carbamates (subject to hydrolysis) is 1. The van der Waals surface area contributed by atoms with E-state index >= 15 is 0 Å². The van der Waals surface area contributed by atoms with Crippen molar-refractivity contribution in [1.29, 1.82) is 0 Å². The summed E-state index contributed by atoms with van der Waals surface area (Å²) in [6, 6.07) is 7.48. The van der Waals surface area contributed by atoms with Crippen molar-refractivity contribution >= 4 is 24.9 Å². The van der Waals surface area contributed by atoms with Crippen molar-refractivity contribution in [3.05, 3.63) is 29.8 Å². The van der Waals surface area contributed by atoms with Gasteiger partial charge in [0.25, 0.3) is 0 Å². The van der Waals surface area contributed by atoms with E-state index in [2.05, 4.69) is 10.6 Å². The third kappa shape index (κ3) is 8.76. The topological polar surface area (TPSA) is 96.9 Å². The minimum atomic E-state index is -1.00. The molecule has 3 N–H and O–H groups in total. The van der Waals surface area contributed by atoms with E-state index in [9.17, 15) is 14.7 Å². The normalized spacial score (nSPS) is 12.3. The van der Waals surface area contributed by atoms with Crippen molar-refractivity contribution in [3.63, 3.8) is 0 Å². The molecule has 0 saturated heterocycles. The molecule has 2 amide bonds. The first-order valence-corrected chi connectivity index (χ1v) is 9.25. The number of nitrogens with one attached hydrogen (secondary N) is 2. The van der Waals surface area contributed by atoms with Gasteiger partial charge in [-0.15, -0.1) is 0 Å². The van der Waals surface area contributed by atoms with Gasteiger partial charge in [-0.2, -0.15) is 0 Å². The van der Waals surface area contributed by atoms with Crippen LogP contribution >= 0.6 is 0 Å². The molecule has 155 valence electrons. The first-order chi connectivity index (χ1) is 12.7. The summed E-state index contributed by atoms with van der Waals surface area (Å²) in [5.41, 5.74) is -0.680. The van der Waals surface area contributed by atoms with Crippen LogP contribution in [0.1, 0.15) is 54.0 Å². The lowest BCUT2D eigenvalue weighted by atomic mass is 9.82. The van der Waals surface area contributed by atoms with E-state index in [-0.39, 0.29) is 12.5 Å². The van der Waals surface area contributed by atoms with Gasteiger partial charge in [0.05, 0.1) is 11.2 Å². The van der Waals surface area contributed by atoms with Gasteiger partial charge in [0.1, 0.15) is 12.1 Å². The summed E-state index contributed by atoms with van der Waals surface area (Å²) < 4.78 is 10.8. The second-order valence-corrected chi connectivity index (χ2v) is 8.68. The summed E-state index contributed by atoms with van der Waals surface area (Å²) in [5, 5.41) is 15.3. The Labute approximate surface area is 168 Å². The van der Waals surface area contributed by atoms with Gasteiger partial charge in [0.2, 0.25) is 5.91 Å². The fourth-order valence-electron chi connectivity index (χ4n) is 1.87. The van der Waals surface area contributed by atoms with Gasteiger partial charge in [-0.25, -0.2) is 4.79 Å². The predicted molar refractivity (Wildman–Crippen MR) is 109 cm³/mol. The van der Waals surface area contributed by atoms with Gasteiger partial charge in [-0.3, -0.25) is 4.79 Å². The number of carbonyl (C=O) groups is 2. The number of hydrogen-bond donors (Lipinski definition) is 3. The van der Waals surface area contributed by atoms with Crippen LogP contribution in [0.25, 0.3) is 0 Å². The lowest BCUT2D eigenvalue weighted by Gasteiger charge is -2.37. The van der Waals surface area contributed by atoms with Gasteiger partial charge in [-0.1, -0.05) is 29.7 Å². The predicted octanol–water partition coefficient (Wildman–Crippen LogP) is 1.64. The molecule has 0 aliphatic rings. The maximum Gasteiger partial charge on any atom is 0.408 e. The molecule has 8 heteroatoms. The van der Waals surface area contributed by atoms with Crippen molar-refractivity contribution in [1.82, 2.24) is 10.6 Å². The highest BCUT2D eigenvalue weighted by Crippen LogP contribution is 2.24. The van der Waals surface area contributed by atoms with Gasteiger partial charge in [-0.05, 0) is 54.0 Å². The van der Waals surface area contributed by atoms with Crippen LogP contribution in [0.3, 0.4) is 0 Å². The third-order valence-electron chi connectivity index (χ3n) is 4.20. The fourth-order valence-corrected chi connectivity index (χ4v) is 1.87. The van der Waals surface area contributed by atoms with E-state index in [1.165, 1.54) is 0 Å². The molecule has 1 aromatic carbocycles. The van der Waals surface area contributed by atoms with Crippen LogP contribution in [-0.4, -0.2) is 47.9 Å². The van der Waals surface area contributed by atoms with Crippen molar-refractivity contribution in [2.45, 2.75) is 71.8 Å². The molecular formula is C20H32BN2O5. The molecule has 1 aromatic rings. The van der Waals surface area contributed by atoms with Gasteiger partial charge in [0.15, 0.2) is 0 Å². The van der Waals surface area contributed by atoms with E-state index < -0.39 is 22.9 Å². The number of rotatable bonds is 8. The van der Waals surface area contributed by atoms with E-state index in [0.29, 0.717) is 6.54 Å². The van der Waals surface area contributed by atoms with E-state index in [1.807, 2.05) is 38.1 Å². The molecule has 0 aliphatic carbocycles. The molecule has 0 aromatic heterocycles. The average Bonchev–Trinajstić information content (AvgIpc) is 2.54. The van der Waals surface area contributed by atoms with Crippen LogP contribution in [0.5, 0.6) is 0 Å². The first-order valence-electron chi connectivity index (χ1n) is 9.25. The smallest absolute Gasteiger partial charge is 0.408 e. The number of carbonyl (C=O) groups excluding carboxylic acids is 2. The van der Waals surface area contributed by atoms with Crippen LogP contribution in [0.2, 0.25) is 0 Å². The molecule has 0 fully saturated rings. The Morgan fingerprint density at radius 2 is 1.71 bits per heavy atom. The zero-order chi connectivity index (χ0) is 21.6. The highest BCUT2D eigenvalue weighted by molar-refractivity contribution is 6.47. The number of aliphatic hydroxyl groups is 1. The summed E-state index contributed by atoms with van der Waals surface area (Å²) in [6.07, 6.45) is -0.634. The molecule has 0 unspecified atom stereocenters. The third-order valence-corrected chi connectivity index (χ3v) is 4.20. The fraction of sp³-hybridized carbons (Fsp3) is 0.600. The number of ether oxygens (including phenoxy) is 1. The van der Waals surface area contributed by atoms with Crippen molar-refractivity contribution < 1.29 is 24.1 Å². The van der Waals surface area contributed by atoms with E-state index in [1.54, 1.807) is 42.1 Å². The van der Waals surface area contributed by atoms with Crippen LogP contribution in [0, 0.1) is 0 Å². The molecule has 28 heavy (non-hydrogen) atoms. The molecule has 0 spiro atoms. The maximum atomic E-state index is 11.9. The number of hydrogen-bond acceptors (Lipinski definition) is 5. The van der Waals surface area contributed by atoms with Gasteiger partial charge < -0.3 is 25.1 Å². The lowest BCUT2D eigenvalue weighted by molar-refractivity contribution is -0.120. The number of amides is 2. The minimum absolute atomic E-state index is 0.163. The van der Waals surface area contributed by atoms with Gasteiger partial charge >= 0.3 is 13.6 Å².